The van der Waals surface area contributed by atoms with Gasteiger partial charge in [-0.05, 0) is 12.5 Å². The Balaban J connectivity index is 1.92. The van der Waals surface area contributed by atoms with Crippen LogP contribution < -0.4 is 16.4 Å². The third-order valence-corrected chi connectivity index (χ3v) is 3.39. The van der Waals surface area contributed by atoms with E-state index in [1.54, 1.807) is 0 Å². The first-order valence-electron chi connectivity index (χ1n) is 6.14. The van der Waals surface area contributed by atoms with Gasteiger partial charge in [0.25, 0.3) is 0 Å². The number of halogens is 2. The van der Waals surface area contributed by atoms with Crippen molar-refractivity contribution in [2.45, 2.75) is 13.0 Å². The highest BCUT2D eigenvalue weighted by molar-refractivity contribution is 5.59. The molecule has 1 aliphatic heterocycles. The summed E-state index contributed by atoms with van der Waals surface area (Å²) in [6, 6.07) is 2.24. The molecule has 3 rings (SSSR count). The maximum absolute atomic E-state index is 13.7. The summed E-state index contributed by atoms with van der Waals surface area (Å²) in [5.74, 6) is -0.716. The molecule has 2 aromatic rings. The highest BCUT2D eigenvalue weighted by Gasteiger charge is 2.24. The Morgan fingerprint density at radius 1 is 1.25 bits per heavy atom. The number of nitrogens with zero attached hydrogens (tertiary/aromatic N) is 3. The van der Waals surface area contributed by atoms with Crippen molar-refractivity contribution in [1.82, 2.24) is 9.97 Å². The first-order chi connectivity index (χ1) is 9.54. The molecule has 1 aromatic carbocycles. The lowest BCUT2D eigenvalue weighted by Gasteiger charge is -2.20. The Morgan fingerprint density at radius 2 is 2.05 bits per heavy atom. The van der Waals surface area contributed by atoms with E-state index < -0.39 is 11.6 Å². The second-order valence-electron chi connectivity index (χ2n) is 4.70. The fraction of sp³-hybridized carbons (Fsp3) is 0.231. The Morgan fingerprint density at radius 3 is 2.80 bits per heavy atom. The minimum absolute atomic E-state index is 0.102. The molecule has 1 aromatic heterocycles. The molecule has 0 fully saturated rings. The predicted molar refractivity (Wildman–Crippen MR) is 72.0 cm³/mol. The summed E-state index contributed by atoms with van der Waals surface area (Å²) in [6.45, 7) is 0.988. The highest BCUT2D eigenvalue weighted by Crippen LogP contribution is 2.32. The van der Waals surface area contributed by atoms with Gasteiger partial charge in [0.05, 0.1) is 0 Å². The van der Waals surface area contributed by atoms with E-state index in [1.165, 1.54) is 12.3 Å². The van der Waals surface area contributed by atoms with Crippen molar-refractivity contribution in [2.75, 3.05) is 22.9 Å². The van der Waals surface area contributed by atoms with Gasteiger partial charge in [0, 0.05) is 42.2 Å². The molecule has 1 aliphatic rings. The van der Waals surface area contributed by atoms with E-state index in [0.717, 1.165) is 6.07 Å². The largest absolute Gasteiger partial charge is 0.383 e. The van der Waals surface area contributed by atoms with Gasteiger partial charge in [-0.3, -0.25) is 0 Å². The molecule has 0 amide bonds. The number of fused-ring (bicyclic) bond motifs is 1. The number of nitrogen functional groups attached to an aromatic ring is 2. The molecule has 0 saturated heterocycles. The van der Waals surface area contributed by atoms with E-state index in [9.17, 15) is 8.78 Å². The maximum atomic E-state index is 13.7. The number of benzene rings is 1. The molecule has 7 heteroatoms. The van der Waals surface area contributed by atoms with Gasteiger partial charge in [0.1, 0.15) is 17.5 Å². The minimum Gasteiger partial charge on any atom is -0.383 e. The highest BCUT2D eigenvalue weighted by atomic mass is 19.1. The van der Waals surface area contributed by atoms with E-state index in [-0.39, 0.29) is 11.8 Å². The van der Waals surface area contributed by atoms with Crippen LogP contribution in [0.4, 0.5) is 26.2 Å². The topological polar surface area (TPSA) is 81.1 Å². The van der Waals surface area contributed by atoms with Crippen LogP contribution in [0.5, 0.6) is 0 Å². The molecule has 0 unspecified atom stereocenters. The average Bonchev–Trinajstić information content (AvgIpc) is 2.76. The van der Waals surface area contributed by atoms with Gasteiger partial charge in [-0.25, -0.2) is 13.8 Å². The lowest BCUT2D eigenvalue weighted by atomic mass is 10.1. The van der Waals surface area contributed by atoms with Gasteiger partial charge in [-0.15, -0.1) is 0 Å². The third-order valence-electron chi connectivity index (χ3n) is 3.39. The summed E-state index contributed by atoms with van der Waals surface area (Å²) in [7, 11) is 0. The zero-order chi connectivity index (χ0) is 14.3. The van der Waals surface area contributed by atoms with Gasteiger partial charge in [-0.2, -0.15) is 4.98 Å². The first kappa shape index (κ1) is 12.6. The predicted octanol–water partition coefficient (Wildman–Crippen LogP) is 1.48. The fourth-order valence-electron chi connectivity index (χ4n) is 2.41. The summed E-state index contributed by atoms with van der Waals surface area (Å²) in [4.78, 5) is 9.62. The number of aromatic nitrogens is 2. The average molecular weight is 277 g/mol. The molecule has 0 saturated carbocycles. The molecule has 2 heterocycles. The van der Waals surface area contributed by atoms with Crippen LogP contribution in [-0.2, 0) is 13.0 Å². The van der Waals surface area contributed by atoms with Crippen LogP contribution in [0.15, 0.2) is 18.3 Å². The number of anilines is 3. The summed E-state index contributed by atoms with van der Waals surface area (Å²) in [5.41, 5.74) is 13.0. The van der Waals surface area contributed by atoms with Crippen molar-refractivity contribution in [2.24, 2.45) is 0 Å². The van der Waals surface area contributed by atoms with Crippen LogP contribution in [0.2, 0.25) is 0 Å². The molecule has 0 bridgehead atoms. The van der Waals surface area contributed by atoms with Crippen LogP contribution in [-0.4, -0.2) is 16.5 Å². The molecular formula is C13H13F2N5. The van der Waals surface area contributed by atoms with E-state index in [1.807, 2.05) is 4.90 Å². The molecular weight excluding hydrogens is 264 g/mol. The molecule has 5 nitrogen and oxygen atoms in total. The molecule has 104 valence electrons. The Bertz CT molecular complexity index is 674. The van der Waals surface area contributed by atoms with E-state index in [2.05, 4.69) is 9.97 Å². The van der Waals surface area contributed by atoms with E-state index in [4.69, 9.17) is 11.5 Å². The Labute approximate surface area is 114 Å². The summed E-state index contributed by atoms with van der Waals surface area (Å²) in [6.07, 6.45) is 2.07. The van der Waals surface area contributed by atoms with Crippen LogP contribution in [0.25, 0.3) is 0 Å². The van der Waals surface area contributed by atoms with Crippen molar-refractivity contribution in [3.63, 3.8) is 0 Å². The molecule has 0 spiro atoms. The van der Waals surface area contributed by atoms with Gasteiger partial charge in [-0.1, -0.05) is 0 Å². The minimum atomic E-state index is -0.588. The standard InChI is InChI=1S/C13H13F2N5/c14-8-3-10(15)9-1-2-20(11(9)4-8)6-7-5-18-13(17)19-12(7)16/h3-5H,1-2,6H2,(H4,16,17,18,19). The van der Waals surface area contributed by atoms with Crippen LogP contribution in [0.3, 0.4) is 0 Å². The second kappa shape index (κ2) is 4.59. The summed E-state index contributed by atoms with van der Waals surface area (Å²) < 4.78 is 27.0. The first-order valence-corrected chi connectivity index (χ1v) is 6.14. The zero-order valence-corrected chi connectivity index (χ0v) is 10.6. The summed E-state index contributed by atoms with van der Waals surface area (Å²) in [5, 5.41) is 0. The van der Waals surface area contributed by atoms with Gasteiger partial charge < -0.3 is 16.4 Å². The van der Waals surface area contributed by atoms with Crippen molar-refractivity contribution >= 4 is 17.5 Å². The van der Waals surface area contributed by atoms with Gasteiger partial charge in [0.15, 0.2) is 0 Å². The number of hydrogen-bond donors (Lipinski definition) is 2. The number of hydrogen-bond acceptors (Lipinski definition) is 5. The SMILES string of the molecule is Nc1ncc(CN2CCc3c(F)cc(F)cc32)c(N)n1. The lowest BCUT2D eigenvalue weighted by Crippen LogP contribution is -2.21. The Hall–Kier alpha value is -2.44. The van der Waals surface area contributed by atoms with E-state index >= 15 is 0 Å². The van der Waals surface area contributed by atoms with Crippen molar-refractivity contribution < 1.29 is 8.78 Å². The maximum Gasteiger partial charge on any atom is 0.221 e. The van der Waals surface area contributed by atoms with Crippen LogP contribution >= 0.6 is 0 Å². The lowest BCUT2D eigenvalue weighted by molar-refractivity contribution is 0.577. The fourth-order valence-corrected chi connectivity index (χ4v) is 2.41. The number of nitrogens with two attached hydrogens (primary N) is 2. The Kier molecular flexibility index (Phi) is 2.89. The summed E-state index contributed by atoms with van der Waals surface area (Å²) >= 11 is 0. The molecule has 0 radical (unpaired) electrons. The van der Waals surface area contributed by atoms with Crippen molar-refractivity contribution in [3.8, 4) is 0 Å². The third kappa shape index (κ3) is 2.11. The number of rotatable bonds is 2. The quantitative estimate of drug-likeness (QED) is 0.869. The van der Waals surface area contributed by atoms with Crippen molar-refractivity contribution in [1.29, 1.82) is 0 Å². The molecule has 0 atom stereocenters. The van der Waals surface area contributed by atoms with E-state index in [0.29, 0.717) is 36.3 Å². The van der Waals surface area contributed by atoms with Crippen molar-refractivity contribution in [3.05, 3.63) is 41.1 Å². The van der Waals surface area contributed by atoms with Gasteiger partial charge >= 0.3 is 0 Å². The van der Waals surface area contributed by atoms with Crippen LogP contribution in [0.1, 0.15) is 11.1 Å². The molecule has 0 aliphatic carbocycles. The van der Waals surface area contributed by atoms with Gasteiger partial charge in [0.2, 0.25) is 5.95 Å². The van der Waals surface area contributed by atoms with Crippen LogP contribution in [0, 0.1) is 11.6 Å². The molecule has 20 heavy (non-hydrogen) atoms. The molecule has 4 N–H and O–H groups in total. The monoisotopic (exact) mass is 277 g/mol. The normalized spacial score (nSPS) is 13.6. The zero-order valence-electron chi connectivity index (χ0n) is 10.6. The second-order valence-corrected chi connectivity index (χ2v) is 4.70. The smallest absolute Gasteiger partial charge is 0.221 e.